The Labute approximate surface area is 87.0 Å². The van der Waals surface area contributed by atoms with Gasteiger partial charge in [0.1, 0.15) is 0 Å². The zero-order valence-corrected chi connectivity index (χ0v) is 8.68. The molecule has 0 radical (unpaired) electrons. The molecule has 1 heterocycles. The summed E-state index contributed by atoms with van der Waals surface area (Å²) < 4.78 is 1.27. The van der Waals surface area contributed by atoms with E-state index < -0.39 is 0 Å². The van der Waals surface area contributed by atoms with Crippen molar-refractivity contribution in [3.8, 4) is 0 Å². The number of nitrogen functional groups attached to an aromatic ring is 1. The van der Waals surface area contributed by atoms with E-state index in [2.05, 4.69) is 11.4 Å². The lowest BCUT2D eigenvalue weighted by molar-refractivity contribution is 0.289. The van der Waals surface area contributed by atoms with Crippen LogP contribution < -0.4 is 5.73 Å². The molecule has 0 aliphatic carbocycles. The zero-order chi connectivity index (χ0) is 9.97. The number of aliphatic hydroxyl groups is 1. The maximum Gasteiger partial charge on any atom is 0.0434 e. The van der Waals surface area contributed by atoms with Gasteiger partial charge in [-0.25, -0.2) is 0 Å². The summed E-state index contributed by atoms with van der Waals surface area (Å²) in [5, 5.41) is 12.2. The Bertz CT molecular complexity index is 436. The van der Waals surface area contributed by atoms with E-state index in [1.165, 1.54) is 15.6 Å². The average Bonchev–Trinajstić information content (AvgIpc) is 2.57. The third-order valence-electron chi connectivity index (χ3n) is 2.28. The molecular formula is C11H13NOS. The first-order valence-corrected chi connectivity index (χ1v) is 5.55. The van der Waals surface area contributed by atoms with Crippen LogP contribution in [0.3, 0.4) is 0 Å². The lowest BCUT2D eigenvalue weighted by atomic mass is 10.1. The Kier molecular flexibility index (Phi) is 2.70. The predicted octanol–water partition coefficient (Wildman–Crippen LogP) is 2.41. The van der Waals surface area contributed by atoms with Gasteiger partial charge in [-0.1, -0.05) is 0 Å². The van der Waals surface area contributed by atoms with E-state index in [4.69, 9.17) is 10.8 Å². The maximum atomic E-state index is 8.77. The van der Waals surface area contributed by atoms with Crippen LogP contribution in [-0.2, 0) is 6.42 Å². The molecule has 0 saturated carbocycles. The van der Waals surface area contributed by atoms with E-state index in [0.29, 0.717) is 0 Å². The van der Waals surface area contributed by atoms with E-state index in [9.17, 15) is 0 Å². The molecule has 14 heavy (non-hydrogen) atoms. The predicted molar refractivity (Wildman–Crippen MR) is 61.6 cm³/mol. The van der Waals surface area contributed by atoms with Gasteiger partial charge in [0.15, 0.2) is 0 Å². The molecule has 3 N–H and O–H groups in total. The average molecular weight is 207 g/mol. The molecule has 0 fully saturated rings. The molecule has 2 aromatic rings. The summed E-state index contributed by atoms with van der Waals surface area (Å²) in [6.07, 6.45) is 1.75. The van der Waals surface area contributed by atoms with Crippen molar-refractivity contribution in [1.29, 1.82) is 0 Å². The van der Waals surface area contributed by atoms with Gasteiger partial charge < -0.3 is 10.8 Å². The molecule has 0 aliphatic rings. The van der Waals surface area contributed by atoms with Gasteiger partial charge in [0.2, 0.25) is 0 Å². The standard InChI is InChI=1S/C11H13NOS/c12-9-3-4-11-10(6-9)8(7-14-11)2-1-5-13/h3-4,6-7,13H,1-2,5,12H2. The minimum atomic E-state index is 0.250. The molecule has 3 heteroatoms. The van der Waals surface area contributed by atoms with E-state index in [0.717, 1.165) is 18.5 Å². The lowest BCUT2D eigenvalue weighted by Gasteiger charge is -1.98. The smallest absolute Gasteiger partial charge is 0.0434 e. The molecular weight excluding hydrogens is 194 g/mol. The second-order valence-corrected chi connectivity index (χ2v) is 4.25. The first-order valence-electron chi connectivity index (χ1n) is 4.67. The Balaban J connectivity index is 2.40. The first kappa shape index (κ1) is 9.49. The highest BCUT2D eigenvalue weighted by atomic mass is 32.1. The minimum Gasteiger partial charge on any atom is -0.399 e. The molecule has 0 unspecified atom stereocenters. The van der Waals surface area contributed by atoms with Gasteiger partial charge in [-0.15, -0.1) is 11.3 Å². The lowest BCUT2D eigenvalue weighted by Crippen LogP contribution is -1.88. The van der Waals surface area contributed by atoms with Gasteiger partial charge in [-0.3, -0.25) is 0 Å². The number of aryl methyl sites for hydroxylation is 1. The van der Waals surface area contributed by atoms with Crippen LogP contribution in [0.2, 0.25) is 0 Å². The SMILES string of the molecule is Nc1ccc2scc(CCCO)c2c1. The fourth-order valence-corrected chi connectivity index (χ4v) is 2.54. The highest BCUT2D eigenvalue weighted by Crippen LogP contribution is 2.28. The first-order chi connectivity index (χ1) is 6.81. The number of aliphatic hydroxyl groups excluding tert-OH is 1. The number of rotatable bonds is 3. The van der Waals surface area contributed by atoms with Gasteiger partial charge >= 0.3 is 0 Å². The number of benzene rings is 1. The van der Waals surface area contributed by atoms with Crippen molar-refractivity contribution in [1.82, 2.24) is 0 Å². The highest BCUT2D eigenvalue weighted by Gasteiger charge is 2.03. The summed E-state index contributed by atoms with van der Waals surface area (Å²) in [5.41, 5.74) is 7.84. The molecule has 1 aromatic heterocycles. The molecule has 0 amide bonds. The number of fused-ring (bicyclic) bond motifs is 1. The molecule has 0 bridgehead atoms. The van der Waals surface area contributed by atoms with Gasteiger partial charge in [0.25, 0.3) is 0 Å². The summed E-state index contributed by atoms with van der Waals surface area (Å²) in [5.74, 6) is 0. The third kappa shape index (κ3) is 1.74. The van der Waals surface area contributed by atoms with Crippen molar-refractivity contribution in [3.05, 3.63) is 29.1 Å². The molecule has 2 nitrogen and oxygen atoms in total. The molecule has 0 aliphatic heterocycles. The number of thiophene rings is 1. The minimum absolute atomic E-state index is 0.250. The van der Waals surface area contributed by atoms with Crippen molar-refractivity contribution in [2.45, 2.75) is 12.8 Å². The molecule has 0 spiro atoms. The Morgan fingerprint density at radius 3 is 3.00 bits per heavy atom. The van der Waals surface area contributed by atoms with Crippen LogP contribution in [0.5, 0.6) is 0 Å². The Morgan fingerprint density at radius 2 is 2.21 bits per heavy atom. The summed E-state index contributed by atoms with van der Waals surface area (Å²) in [4.78, 5) is 0. The Morgan fingerprint density at radius 1 is 1.36 bits per heavy atom. The van der Waals surface area contributed by atoms with E-state index >= 15 is 0 Å². The number of hydrogen-bond donors (Lipinski definition) is 2. The van der Waals surface area contributed by atoms with Crippen molar-refractivity contribution >= 4 is 27.1 Å². The van der Waals surface area contributed by atoms with E-state index in [1.807, 2.05) is 12.1 Å². The van der Waals surface area contributed by atoms with Crippen LogP contribution in [0.15, 0.2) is 23.6 Å². The highest BCUT2D eigenvalue weighted by molar-refractivity contribution is 7.17. The van der Waals surface area contributed by atoms with Crippen LogP contribution in [0.25, 0.3) is 10.1 Å². The molecule has 0 saturated heterocycles. The largest absolute Gasteiger partial charge is 0.399 e. The quantitative estimate of drug-likeness (QED) is 0.759. The van der Waals surface area contributed by atoms with Gasteiger partial charge in [-0.05, 0) is 47.4 Å². The molecule has 2 rings (SSSR count). The number of anilines is 1. The third-order valence-corrected chi connectivity index (χ3v) is 3.29. The van der Waals surface area contributed by atoms with E-state index in [1.54, 1.807) is 11.3 Å². The molecule has 0 atom stereocenters. The molecule has 74 valence electrons. The van der Waals surface area contributed by atoms with Crippen LogP contribution in [0, 0.1) is 0 Å². The van der Waals surface area contributed by atoms with Crippen LogP contribution in [0.1, 0.15) is 12.0 Å². The molecule has 1 aromatic carbocycles. The topological polar surface area (TPSA) is 46.2 Å². The van der Waals surface area contributed by atoms with Crippen molar-refractivity contribution in [2.24, 2.45) is 0 Å². The van der Waals surface area contributed by atoms with Crippen molar-refractivity contribution < 1.29 is 5.11 Å². The van der Waals surface area contributed by atoms with Gasteiger partial charge in [0.05, 0.1) is 0 Å². The fourth-order valence-electron chi connectivity index (χ4n) is 1.56. The second-order valence-electron chi connectivity index (χ2n) is 3.34. The Hall–Kier alpha value is -1.06. The number of hydrogen-bond acceptors (Lipinski definition) is 3. The number of nitrogens with two attached hydrogens (primary N) is 1. The summed E-state index contributed by atoms with van der Waals surface area (Å²) in [7, 11) is 0. The summed E-state index contributed by atoms with van der Waals surface area (Å²) in [6, 6.07) is 5.99. The second kappa shape index (κ2) is 3.98. The summed E-state index contributed by atoms with van der Waals surface area (Å²) >= 11 is 1.74. The normalized spacial score (nSPS) is 10.9. The van der Waals surface area contributed by atoms with Gasteiger partial charge in [-0.2, -0.15) is 0 Å². The zero-order valence-electron chi connectivity index (χ0n) is 7.86. The van der Waals surface area contributed by atoms with E-state index in [-0.39, 0.29) is 6.61 Å². The van der Waals surface area contributed by atoms with Crippen LogP contribution in [-0.4, -0.2) is 11.7 Å². The fraction of sp³-hybridized carbons (Fsp3) is 0.273. The van der Waals surface area contributed by atoms with Crippen LogP contribution >= 0.6 is 11.3 Å². The van der Waals surface area contributed by atoms with Gasteiger partial charge in [0, 0.05) is 17.0 Å². The van der Waals surface area contributed by atoms with Crippen molar-refractivity contribution in [2.75, 3.05) is 12.3 Å². The maximum absolute atomic E-state index is 8.77. The van der Waals surface area contributed by atoms with Crippen molar-refractivity contribution in [3.63, 3.8) is 0 Å². The summed E-state index contributed by atoms with van der Waals surface area (Å²) in [6.45, 7) is 0.250. The monoisotopic (exact) mass is 207 g/mol. The van der Waals surface area contributed by atoms with Crippen LogP contribution in [0.4, 0.5) is 5.69 Å².